The SMILES string of the molecule is CCCc1c(NC)ncnc1NCCC(O)CC. The average Bonchev–Trinajstić information content (AvgIpc) is 2.40. The van der Waals surface area contributed by atoms with Gasteiger partial charge in [-0.2, -0.15) is 0 Å². The molecule has 18 heavy (non-hydrogen) atoms. The van der Waals surface area contributed by atoms with Crippen molar-refractivity contribution in [1.29, 1.82) is 0 Å². The number of anilines is 2. The Morgan fingerprint density at radius 2 is 2.00 bits per heavy atom. The number of nitrogens with one attached hydrogen (secondary N) is 2. The maximum atomic E-state index is 9.52. The van der Waals surface area contributed by atoms with Crippen LogP contribution in [0.15, 0.2) is 6.33 Å². The van der Waals surface area contributed by atoms with Crippen LogP contribution in [-0.2, 0) is 6.42 Å². The van der Waals surface area contributed by atoms with Crippen LogP contribution in [0.2, 0.25) is 0 Å². The highest BCUT2D eigenvalue weighted by Gasteiger charge is 2.09. The molecule has 0 fully saturated rings. The van der Waals surface area contributed by atoms with Gasteiger partial charge in [-0.15, -0.1) is 0 Å². The summed E-state index contributed by atoms with van der Waals surface area (Å²) < 4.78 is 0. The third kappa shape index (κ3) is 4.14. The molecule has 1 aromatic heterocycles. The van der Waals surface area contributed by atoms with Crippen LogP contribution in [0, 0.1) is 0 Å². The lowest BCUT2D eigenvalue weighted by Crippen LogP contribution is -2.14. The third-order valence-electron chi connectivity index (χ3n) is 2.92. The minimum atomic E-state index is -0.238. The van der Waals surface area contributed by atoms with Crippen molar-refractivity contribution in [3.63, 3.8) is 0 Å². The van der Waals surface area contributed by atoms with Crippen molar-refractivity contribution >= 4 is 11.6 Å². The molecule has 5 nitrogen and oxygen atoms in total. The predicted octanol–water partition coefficient (Wildman–Crippen LogP) is 2.04. The molecule has 1 heterocycles. The largest absolute Gasteiger partial charge is 0.393 e. The molecule has 0 radical (unpaired) electrons. The van der Waals surface area contributed by atoms with E-state index in [9.17, 15) is 5.11 Å². The summed E-state index contributed by atoms with van der Waals surface area (Å²) in [6.45, 7) is 4.85. The Balaban J connectivity index is 2.68. The topological polar surface area (TPSA) is 70.1 Å². The van der Waals surface area contributed by atoms with Crippen LogP contribution in [0.25, 0.3) is 0 Å². The third-order valence-corrected chi connectivity index (χ3v) is 2.92. The van der Waals surface area contributed by atoms with Crippen LogP contribution in [-0.4, -0.2) is 34.8 Å². The maximum absolute atomic E-state index is 9.52. The molecule has 102 valence electrons. The second-order valence-electron chi connectivity index (χ2n) is 4.33. The molecule has 3 N–H and O–H groups in total. The van der Waals surface area contributed by atoms with Crippen molar-refractivity contribution in [3.8, 4) is 0 Å². The van der Waals surface area contributed by atoms with Crippen LogP contribution in [0.3, 0.4) is 0 Å². The molecule has 0 aromatic carbocycles. The fourth-order valence-corrected chi connectivity index (χ4v) is 1.83. The van der Waals surface area contributed by atoms with E-state index >= 15 is 0 Å². The summed E-state index contributed by atoms with van der Waals surface area (Å²) in [5, 5.41) is 15.9. The molecule has 1 unspecified atom stereocenters. The summed E-state index contributed by atoms with van der Waals surface area (Å²) in [7, 11) is 1.87. The lowest BCUT2D eigenvalue weighted by molar-refractivity contribution is 0.164. The summed E-state index contributed by atoms with van der Waals surface area (Å²) in [6, 6.07) is 0. The highest BCUT2D eigenvalue weighted by atomic mass is 16.3. The van der Waals surface area contributed by atoms with Gasteiger partial charge in [0.15, 0.2) is 0 Å². The van der Waals surface area contributed by atoms with Crippen molar-refractivity contribution in [2.24, 2.45) is 0 Å². The van der Waals surface area contributed by atoms with E-state index in [-0.39, 0.29) is 6.10 Å². The van der Waals surface area contributed by atoms with E-state index in [0.717, 1.165) is 49.4 Å². The molecule has 0 aliphatic rings. The average molecular weight is 252 g/mol. The smallest absolute Gasteiger partial charge is 0.134 e. The molecular weight excluding hydrogens is 228 g/mol. The monoisotopic (exact) mass is 252 g/mol. The van der Waals surface area contributed by atoms with Gasteiger partial charge in [0.05, 0.1) is 6.10 Å². The summed E-state index contributed by atoms with van der Waals surface area (Å²) in [5.41, 5.74) is 1.12. The molecule has 0 amide bonds. The van der Waals surface area contributed by atoms with E-state index in [0.29, 0.717) is 0 Å². The lowest BCUT2D eigenvalue weighted by Gasteiger charge is -2.14. The van der Waals surface area contributed by atoms with Gasteiger partial charge in [0.25, 0.3) is 0 Å². The van der Waals surface area contributed by atoms with Gasteiger partial charge in [-0.05, 0) is 19.3 Å². The van der Waals surface area contributed by atoms with Crippen molar-refractivity contribution in [3.05, 3.63) is 11.9 Å². The molecule has 5 heteroatoms. The van der Waals surface area contributed by atoms with Gasteiger partial charge in [-0.25, -0.2) is 9.97 Å². The minimum Gasteiger partial charge on any atom is -0.393 e. The number of nitrogens with zero attached hydrogens (tertiary/aromatic N) is 2. The van der Waals surface area contributed by atoms with Gasteiger partial charge >= 0.3 is 0 Å². The van der Waals surface area contributed by atoms with Crippen molar-refractivity contribution in [2.45, 2.75) is 45.6 Å². The number of aromatic nitrogens is 2. The molecule has 0 spiro atoms. The summed E-state index contributed by atoms with van der Waals surface area (Å²) >= 11 is 0. The summed E-state index contributed by atoms with van der Waals surface area (Å²) in [4.78, 5) is 8.51. The van der Waals surface area contributed by atoms with Gasteiger partial charge in [-0.1, -0.05) is 20.3 Å². The van der Waals surface area contributed by atoms with Crippen molar-refractivity contribution in [2.75, 3.05) is 24.2 Å². The van der Waals surface area contributed by atoms with Crippen molar-refractivity contribution in [1.82, 2.24) is 9.97 Å². The fourth-order valence-electron chi connectivity index (χ4n) is 1.83. The normalized spacial score (nSPS) is 12.2. The number of hydrogen-bond donors (Lipinski definition) is 3. The van der Waals surface area contributed by atoms with E-state index in [1.165, 1.54) is 0 Å². The van der Waals surface area contributed by atoms with E-state index < -0.39 is 0 Å². The lowest BCUT2D eigenvalue weighted by atomic mass is 10.1. The highest BCUT2D eigenvalue weighted by Crippen LogP contribution is 2.21. The highest BCUT2D eigenvalue weighted by molar-refractivity contribution is 5.57. The predicted molar refractivity (Wildman–Crippen MR) is 75.0 cm³/mol. The van der Waals surface area contributed by atoms with Crippen LogP contribution >= 0.6 is 0 Å². The molecule has 0 saturated carbocycles. The summed E-state index contributed by atoms with van der Waals surface area (Å²) in [5.74, 6) is 1.75. The number of aliphatic hydroxyl groups excluding tert-OH is 1. The Kier molecular flexibility index (Phi) is 6.43. The second-order valence-corrected chi connectivity index (χ2v) is 4.33. The van der Waals surface area contributed by atoms with Gasteiger partial charge in [0.2, 0.25) is 0 Å². The first-order valence-corrected chi connectivity index (χ1v) is 6.66. The first-order chi connectivity index (χ1) is 8.72. The molecule has 1 aromatic rings. The van der Waals surface area contributed by atoms with Gasteiger partial charge in [0.1, 0.15) is 18.0 Å². The molecule has 0 aliphatic heterocycles. The second kappa shape index (κ2) is 7.87. The molecule has 0 saturated heterocycles. The Morgan fingerprint density at radius 1 is 1.28 bits per heavy atom. The zero-order chi connectivity index (χ0) is 13.4. The zero-order valence-corrected chi connectivity index (χ0v) is 11.5. The quantitative estimate of drug-likeness (QED) is 0.660. The fraction of sp³-hybridized carbons (Fsp3) is 0.692. The van der Waals surface area contributed by atoms with E-state index in [1.54, 1.807) is 6.33 Å². The minimum absolute atomic E-state index is 0.238. The Labute approximate surface area is 109 Å². The maximum Gasteiger partial charge on any atom is 0.134 e. The molecule has 1 rings (SSSR count). The van der Waals surface area contributed by atoms with Gasteiger partial charge in [-0.3, -0.25) is 0 Å². The first kappa shape index (κ1) is 14.7. The Bertz CT molecular complexity index is 357. The van der Waals surface area contributed by atoms with Gasteiger partial charge in [0, 0.05) is 19.2 Å². The van der Waals surface area contributed by atoms with Crippen molar-refractivity contribution < 1.29 is 5.11 Å². The van der Waals surface area contributed by atoms with Crippen LogP contribution in [0.5, 0.6) is 0 Å². The number of rotatable bonds is 8. The van der Waals surface area contributed by atoms with Crippen LogP contribution in [0.1, 0.15) is 38.7 Å². The van der Waals surface area contributed by atoms with E-state index in [2.05, 4.69) is 27.5 Å². The molecule has 1 atom stereocenters. The standard InChI is InChI=1S/C13H24N4O/c1-4-6-11-12(14-3)16-9-17-13(11)15-8-7-10(18)5-2/h9-10,18H,4-8H2,1-3H3,(H2,14,15,16,17). The number of aliphatic hydroxyl groups is 1. The Morgan fingerprint density at radius 3 is 2.61 bits per heavy atom. The van der Waals surface area contributed by atoms with E-state index in [1.807, 2.05) is 14.0 Å². The molecule has 0 bridgehead atoms. The van der Waals surface area contributed by atoms with E-state index in [4.69, 9.17) is 0 Å². The number of hydrogen-bond acceptors (Lipinski definition) is 5. The van der Waals surface area contributed by atoms with Crippen LogP contribution < -0.4 is 10.6 Å². The van der Waals surface area contributed by atoms with Gasteiger partial charge < -0.3 is 15.7 Å². The zero-order valence-electron chi connectivity index (χ0n) is 11.5. The molecular formula is C13H24N4O. The first-order valence-electron chi connectivity index (χ1n) is 6.66. The van der Waals surface area contributed by atoms with Crippen LogP contribution in [0.4, 0.5) is 11.6 Å². The Hall–Kier alpha value is -1.36. The summed E-state index contributed by atoms with van der Waals surface area (Å²) in [6.07, 6.45) is 4.83. The molecule has 0 aliphatic carbocycles.